The minimum atomic E-state index is -0.363. The van der Waals surface area contributed by atoms with E-state index in [1.165, 1.54) is 36.8 Å². The summed E-state index contributed by atoms with van der Waals surface area (Å²) in [6.45, 7) is 10.8. The Labute approximate surface area is 232 Å². The molecule has 0 aliphatic carbocycles. The number of benzene rings is 2. The van der Waals surface area contributed by atoms with E-state index in [2.05, 4.69) is 45.6 Å². The maximum atomic E-state index is 13.9. The average molecular weight is 531 g/mol. The first kappa shape index (κ1) is 26.5. The first-order valence-electron chi connectivity index (χ1n) is 14.9. The SMILES string of the molecule is Cc1nc2ccccc2n1[C@H]1C[C@H]2CC[C@@H](C1)N2CCC1(c2ccc(F)cc2)CCN(C(=O)C(C)(C)C)CC1. The quantitative estimate of drug-likeness (QED) is 0.371. The number of imidazole rings is 1. The van der Waals surface area contributed by atoms with Crippen molar-refractivity contribution < 1.29 is 9.18 Å². The van der Waals surface area contributed by atoms with Gasteiger partial charge < -0.3 is 9.47 Å². The second kappa shape index (κ2) is 10.0. The van der Waals surface area contributed by atoms with Crippen molar-refractivity contribution in [3.05, 3.63) is 65.7 Å². The number of piperidine rings is 2. The molecule has 39 heavy (non-hydrogen) atoms. The molecule has 0 spiro atoms. The van der Waals surface area contributed by atoms with Crippen molar-refractivity contribution in [1.82, 2.24) is 19.4 Å². The summed E-state index contributed by atoms with van der Waals surface area (Å²) in [7, 11) is 0. The predicted molar refractivity (Wildman–Crippen MR) is 154 cm³/mol. The number of hydrogen-bond acceptors (Lipinski definition) is 3. The molecule has 3 fully saturated rings. The van der Waals surface area contributed by atoms with Crippen LogP contribution >= 0.6 is 0 Å². The number of carbonyl (C=O) groups excluding carboxylic acids is 1. The van der Waals surface area contributed by atoms with Gasteiger partial charge in [-0.2, -0.15) is 0 Å². The largest absolute Gasteiger partial charge is 0.342 e. The zero-order valence-electron chi connectivity index (χ0n) is 24.0. The van der Waals surface area contributed by atoms with Gasteiger partial charge in [-0.05, 0) is 93.7 Å². The molecule has 3 aliphatic rings. The van der Waals surface area contributed by atoms with Crippen molar-refractivity contribution in [3.63, 3.8) is 0 Å². The summed E-state index contributed by atoms with van der Waals surface area (Å²) in [6, 6.07) is 17.4. The second-order valence-electron chi connectivity index (χ2n) is 13.3. The second-order valence-corrected chi connectivity index (χ2v) is 13.3. The Morgan fingerprint density at radius 1 is 0.974 bits per heavy atom. The third-order valence-electron chi connectivity index (χ3n) is 9.95. The van der Waals surface area contributed by atoms with Crippen LogP contribution < -0.4 is 0 Å². The van der Waals surface area contributed by atoms with Crippen LogP contribution in [0.5, 0.6) is 0 Å². The van der Waals surface area contributed by atoms with Gasteiger partial charge in [0.2, 0.25) is 5.91 Å². The van der Waals surface area contributed by atoms with Crippen LogP contribution in [0.25, 0.3) is 11.0 Å². The molecule has 4 heterocycles. The van der Waals surface area contributed by atoms with Crippen LogP contribution in [0.3, 0.4) is 0 Å². The number of rotatable bonds is 5. The van der Waals surface area contributed by atoms with E-state index in [0.717, 1.165) is 50.2 Å². The number of aromatic nitrogens is 2. The fraction of sp³-hybridized carbons (Fsp3) is 0.576. The van der Waals surface area contributed by atoms with Crippen molar-refractivity contribution in [2.75, 3.05) is 19.6 Å². The third-order valence-corrected chi connectivity index (χ3v) is 9.95. The molecule has 0 saturated carbocycles. The van der Waals surface area contributed by atoms with E-state index in [-0.39, 0.29) is 22.6 Å². The van der Waals surface area contributed by atoms with E-state index in [1.54, 1.807) is 12.1 Å². The summed E-state index contributed by atoms with van der Waals surface area (Å²) < 4.78 is 16.4. The van der Waals surface area contributed by atoms with Crippen LogP contribution in [0.1, 0.15) is 83.1 Å². The van der Waals surface area contributed by atoms with Gasteiger partial charge >= 0.3 is 0 Å². The molecule has 0 N–H and O–H groups in total. The summed E-state index contributed by atoms with van der Waals surface area (Å²) in [5.41, 5.74) is 3.21. The van der Waals surface area contributed by atoms with Gasteiger partial charge in [0.1, 0.15) is 11.6 Å². The molecule has 3 aromatic rings. The van der Waals surface area contributed by atoms with Gasteiger partial charge in [0.15, 0.2) is 0 Å². The van der Waals surface area contributed by atoms with Crippen molar-refractivity contribution in [2.24, 2.45) is 5.41 Å². The summed E-state index contributed by atoms with van der Waals surface area (Å²) in [5, 5.41) is 0. The molecule has 208 valence electrons. The lowest BCUT2D eigenvalue weighted by Crippen LogP contribution is -2.50. The van der Waals surface area contributed by atoms with Crippen molar-refractivity contribution in [3.8, 4) is 0 Å². The van der Waals surface area contributed by atoms with E-state index in [9.17, 15) is 9.18 Å². The molecule has 6 heteroatoms. The Kier molecular flexibility index (Phi) is 6.81. The lowest BCUT2D eigenvalue weighted by atomic mass is 9.70. The molecular weight excluding hydrogens is 487 g/mol. The molecule has 0 unspecified atom stereocenters. The topological polar surface area (TPSA) is 41.4 Å². The zero-order chi connectivity index (χ0) is 27.4. The standard InChI is InChI=1S/C33H43FN4O/c1-23-35-29-7-5-6-8-30(29)38(23)28-21-26-13-14-27(22-28)37(26)20-17-33(24-9-11-25(34)12-10-24)15-18-36(19-16-33)31(39)32(2,3)4/h5-12,26-28H,13-22H2,1-4H3/t26-,27+,28+. The first-order chi connectivity index (χ1) is 18.6. The number of fused-ring (bicyclic) bond motifs is 3. The Balaban J connectivity index is 1.19. The number of hydrogen-bond donors (Lipinski definition) is 0. The minimum absolute atomic E-state index is 0.0181. The monoisotopic (exact) mass is 530 g/mol. The lowest BCUT2D eigenvalue weighted by Gasteiger charge is -2.46. The van der Waals surface area contributed by atoms with Gasteiger partial charge in [0, 0.05) is 36.6 Å². The summed E-state index contributed by atoms with van der Waals surface area (Å²) >= 11 is 0. The van der Waals surface area contributed by atoms with Crippen molar-refractivity contribution >= 4 is 16.9 Å². The van der Waals surface area contributed by atoms with Crippen LogP contribution in [0, 0.1) is 18.2 Å². The van der Waals surface area contributed by atoms with Crippen LogP contribution in [0.2, 0.25) is 0 Å². The van der Waals surface area contributed by atoms with E-state index in [4.69, 9.17) is 4.98 Å². The predicted octanol–water partition coefficient (Wildman–Crippen LogP) is 6.65. The average Bonchev–Trinajstić information content (AvgIpc) is 3.37. The van der Waals surface area contributed by atoms with Gasteiger partial charge in [-0.3, -0.25) is 9.69 Å². The van der Waals surface area contributed by atoms with Gasteiger partial charge in [-0.25, -0.2) is 9.37 Å². The highest BCUT2D eigenvalue weighted by Gasteiger charge is 2.44. The molecule has 0 radical (unpaired) electrons. The first-order valence-corrected chi connectivity index (χ1v) is 14.9. The number of carbonyl (C=O) groups is 1. The fourth-order valence-corrected chi connectivity index (χ4v) is 7.89. The minimum Gasteiger partial charge on any atom is -0.342 e. The molecule has 3 aliphatic heterocycles. The molecule has 1 aromatic heterocycles. The molecular formula is C33H43FN4O. The molecule has 1 amide bonds. The van der Waals surface area contributed by atoms with Crippen molar-refractivity contribution in [1.29, 1.82) is 0 Å². The molecule has 2 bridgehead atoms. The molecule has 3 saturated heterocycles. The smallest absolute Gasteiger partial charge is 0.227 e. The van der Waals surface area contributed by atoms with Crippen LogP contribution in [0.4, 0.5) is 4.39 Å². The maximum absolute atomic E-state index is 13.9. The summed E-state index contributed by atoms with van der Waals surface area (Å²) in [4.78, 5) is 22.7. The van der Waals surface area contributed by atoms with Gasteiger partial charge in [-0.15, -0.1) is 0 Å². The number of aryl methyl sites for hydroxylation is 1. The van der Waals surface area contributed by atoms with E-state index in [1.807, 2.05) is 32.9 Å². The Morgan fingerprint density at radius 2 is 1.62 bits per heavy atom. The maximum Gasteiger partial charge on any atom is 0.227 e. The Morgan fingerprint density at radius 3 is 2.26 bits per heavy atom. The highest BCUT2D eigenvalue weighted by atomic mass is 19.1. The summed E-state index contributed by atoms with van der Waals surface area (Å²) in [6.07, 6.45) is 7.82. The normalized spacial score (nSPS) is 25.4. The fourth-order valence-electron chi connectivity index (χ4n) is 7.89. The lowest BCUT2D eigenvalue weighted by molar-refractivity contribution is -0.141. The van der Waals surface area contributed by atoms with Gasteiger partial charge in [0.25, 0.3) is 0 Å². The Bertz CT molecular complexity index is 1320. The van der Waals surface area contributed by atoms with E-state index in [0.29, 0.717) is 18.1 Å². The van der Waals surface area contributed by atoms with Gasteiger partial charge in [0.05, 0.1) is 11.0 Å². The van der Waals surface area contributed by atoms with Crippen LogP contribution in [0.15, 0.2) is 48.5 Å². The number of likely N-dealkylation sites (tertiary alicyclic amines) is 1. The number of amides is 1. The van der Waals surface area contributed by atoms with Crippen LogP contribution in [-0.2, 0) is 10.2 Å². The highest BCUT2D eigenvalue weighted by Crippen LogP contribution is 2.45. The zero-order valence-corrected chi connectivity index (χ0v) is 24.0. The molecule has 2 aromatic carbocycles. The number of halogens is 1. The van der Waals surface area contributed by atoms with Crippen LogP contribution in [-0.4, -0.2) is 57.0 Å². The number of nitrogens with zero attached hydrogens (tertiary/aromatic N) is 4. The summed E-state index contributed by atoms with van der Waals surface area (Å²) in [5.74, 6) is 1.18. The molecule has 6 rings (SSSR count). The Hall–Kier alpha value is -2.73. The highest BCUT2D eigenvalue weighted by molar-refractivity contribution is 5.81. The number of para-hydroxylation sites is 2. The molecule has 3 atom stereocenters. The van der Waals surface area contributed by atoms with E-state index >= 15 is 0 Å². The third kappa shape index (κ3) is 4.90. The van der Waals surface area contributed by atoms with Crippen molar-refractivity contribution in [2.45, 2.75) is 96.2 Å². The van der Waals surface area contributed by atoms with Gasteiger partial charge in [-0.1, -0.05) is 45.0 Å². The van der Waals surface area contributed by atoms with E-state index < -0.39 is 0 Å². The molecule has 5 nitrogen and oxygen atoms in total.